The number of anilines is 1. The molecule has 1 fully saturated rings. The number of nitrogens with zero attached hydrogens (tertiary/aromatic N) is 2. The lowest BCUT2D eigenvalue weighted by atomic mass is 10.0. The second-order valence-electron chi connectivity index (χ2n) is 4.64. The molecule has 0 aliphatic carbocycles. The molecular formula is C12H20N4OS. The molecule has 1 aromatic rings. The van der Waals surface area contributed by atoms with Gasteiger partial charge >= 0.3 is 0 Å². The third-order valence-corrected chi connectivity index (χ3v) is 4.09. The van der Waals surface area contributed by atoms with Crippen molar-refractivity contribution in [3.8, 4) is 0 Å². The highest BCUT2D eigenvalue weighted by atomic mass is 32.1. The van der Waals surface area contributed by atoms with E-state index in [1.165, 1.54) is 17.8 Å². The summed E-state index contributed by atoms with van der Waals surface area (Å²) < 4.78 is 0. The molecule has 0 aromatic carbocycles. The predicted molar refractivity (Wildman–Crippen MR) is 72.9 cm³/mol. The summed E-state index contributed by atoms with van der Waals surface area (Å²) in [5.74, 6) is 0.499. The minimum atomic E-state index is 0.0429. The zero-order valence-electron chi connectivity index (χ0n) is 10.7. The first kappa shape index (κ1) is 13.4. The van der Waals surface area contributed by atoms with Crippen molar-refractivity contribution >= 4 is 22.4 Å². The Morgan fingerprint density at radius 3 is 3.17 bits per heavy atom. The van der Waals surface area contributed by atoms with E-state index in [-0.39, 0.29) is 5.91 Å². The van der Waals surface area contributed by atoms with Crippen molar-refractivity contribution in [2.24, 2.45) is 0 Å². The monoisotopic (exact) mass is 268 g/mol. The Balaban J connectivity index is 1.87. The molecule has 0 radical (unpaired) electrons. The highest BCUT2D eigenvalue weighted by Crippen LogP contribution is 2.28. The van der Waals surface area contributed by atoms with Crippen molar-refractivity contribution < 1.29 is 4.79 Å². The molecule has 1 unspecified atom stereocenters. The van der Waals surface area contributed by atoms with E-state index in [0.717, 1.165) is 37.4 Å². The molecule has 0 bridgehead atoms. The third-order valence-electron chi connectivity index (χ3n) is 3.09. The Hall–Kier alpha value is -1.01. The first-order chi connectivity index (χ1) is 8.79. The average molecular weight is 268 g/mol. The summed E-state index contributed by atoms with van der Waals surface area (Å²) in [6, 6.07) is 0. The van der Waals surface area contributed by atoms with Crippen molar-refractivity contribution in [3.05, 3.63) is 5.01 Å². The van der Waals surface area contributed by atoms with Gasteiger partial charge < -0.3 is 10.6 Å². The van der Waals surface area contributed by atoms with Gasteiger partial charge in [-0.05, 0) is 25.8 Å². The van der Waals surface area contributed by atoms with E-state index in [4.69, 9.17) is 0 Å². The third kappa shape index (κ3) is 3.74. The van der Waals surface area contributed by atoms with Crippen LogP contribution in [0.1, 0.15) is 50.0 Å². The number of aromatic nitrogens is 2. The van der Waals surface area contributed by atoms with Crippen LogP contribution in [-0.4, -0.2) is 29.2 Å². The molecule has 18 heavy (non-hydrogen) atoms. The van der Waals surface area contributed by atoms with E-state index in [2.05, 4.69) is 27.8 Å². The maximum atomic E-state index is 11.6. The Bertz CT molecular complexity index is 387. The van der Waals surface area contributed by atoms with Crippen LogP contribution < -0.4 is 10.6 Å². The van der Waals surface area contributed by atoms with Gasteiger partial charge in [-0.1, -0.05) is 24.7 Å². The molecule has 1 aromatic heterocycles. The number of amides is 1. The first-order valence-electron chi connectivity index (χ1n) is 6.63. The summed E-state index contributed by atoms with van der Waals surface area (Å²) in [7, 11) is 0. The smallest absolute Gasteiger partial charge is 0.226 e. The van der Waals surface area contributed by atoms with Gasteiger partial charge in [0.2, 0.25) is 11.0 Å². The van der Waals surface area contributed by atoms with Gasteiger partial charge in [0.05, 0.1) is 0 Å². The molecule has 100 valence electrons. The van der Waals surface area contributed by atoms with Crippen LogP contribution in [0.3, 0.4) is 0 Å². The maximum Gasteiger partial charge on any atom is 0.226 e. The molecule has 1 saturated heterocycles. The van der Waals surface area contributed by atoms with Crippen molar-refractivity contribution in [2.75, 3.05) is 18.4 Å². The van der Waals surface area contributed by atoms with Crippen LogP contribution >= 0.6 is 11.3 Å². The van der Waals surface area contributed by atoms with Crippen LogP contribution in [-0.2, 0) is 4.79 Å². The molecule has 0 spiro atoms. The number of rotatable bonds is 5. The van der Waals surface area contributed by atoms with Gasteiger partial charge in [-0.2, -0.15) is 0 Å². The Morgan fingerprint density at radius 2 is 2.44 bits per heavy atom. The van der Waals surface area contributed by atoms with Gasteiger partial charge in [0.25, 0.3) is 0 Å². The second-order valence-corrected chi connectivity index (χ2v) is 5.65. The number of unbranched alkanes of at least 4 members (excludes halogenated alkanes) is 1. The fourth-order valence-electron chi connectivity index (χ4n) is 2.03. The van der Waals surface area contributed by atoms with Crippen molar-refractivity contribution in [1.82, 2.24) is 15.5 Å². The minimum Gasteiger partial charge on any atom is -0.316 e. The molecule has 2 N–H and O–H groups in total. The van der Waals surface area contributed by atoms with Gasteiger partial charge in [0.1, 0.15) is 5.01 Å². The predicted octanol–water partition coefficient (Wildman–Crippen LogP) is 2.13. The molecular weight excluding hydrogens is 248 g/mol. The zero-order valence-corrected chi connectivity index (χ0v) is 11.6. The SMILES string of the molecule is CCCCC(=O)Nc1nnc(C2CCCNC2)s1. The Kier molecular flexibility index (Phi) is 5.07. The van der Waals surface area contributed by atoms with Crippen LogP contribution in [0, 0.1) is 0 Å². The fraction of sp³-hybridized carbons (Fsp3) is 0.750. The first-order valence-corrected chi connectivity index (χ1v) is 7.45. The van der Waals surface area contributed by atoms with E-state index < -0.39 is 0 Å². The molecule has 6 heteroatoms. The summed E-state index contributed by atoms with van der Waals surface area (Å²) in [4.78, 5) is 11.6. The minimum absolute atomic E-state index is 0.0429. The van der Waals surface area contributed by atoms with Gasteiger partial charge in [0.15, 0.2) is 0 Å². The molecule has 0 saturated carbocycles. The zero-order chi connectivity index (χ0) is 12.8. The maximum absolute atomic E-state index is 11.6. The van der Waals surface area contributed by atoms with E-state index in [1.807, 2.05) is 0 Å². The van der Waals surface area contributed by atoms with E-state index in [0.29, 0.717) is 17.5 Å². The van der Waals surface area contributed by atoms with Crippen molar-refractivity contribution in [3.63, 3.8) is 0 Å². The van der Waals surface area contributed by atoms with Gasteiger partial charge in [-0.25, -0.2) is 0 Å². The summed E-state index contributed by atoms with van der Waals surface area (Å²) >= 11 is 1.51. The Morgan fingerprint density at radius 1 is 1.56 bits per heavy atom. The lowest BCUT2D eigenvalue weighted by molar-refractivity contribution is -0.116. The van der Waals surface area contributed by atoms with E-state index in [9.17, 15) is 4.79 Å². The van der Waals surface area contributed by atoms with Gasteiger partial charge in [0, 0.05) is 18.9 Å². The van der Waals surface area contributed by atoms with E-state index in [1.54, 1.807) is 0 Å². The van der Waals surface area contributed by atoms with Crippen LogP contribution in [0.15, 0.2) is 0 Å². The van der Waals surface area contributed by atoms with Crippen LogP contribution in [0.4, 0.5) is 5.13 Å². The fourth-order valence-corrected chi connectivity index (χ4v) is 2.93. The lowest BCUT2D eigenvalue weighted by Gasteiger charge is -2.19. The number of hydrogen-bond donors (Lipinski definition) is 2. The lowest BCUT2D eigenvalue weighted by Crippen LogP contribution is -2.28. The standard InChI is InChI=1S/C12H20N4OS/c1-2-3-6-10(17)14-12-16-15-11(18-12)9-5-4-7-13-8-9/h9,13H,2-8H2,1H3,(H,14,16,17). The largest absolute Gasteiger partial charge is 0.316 e. The van der Waals surface area contributed by atoms with Crippen LogP contribution in [0.5, 0.6) is 0 Å². The number of carbonyl (C=O) groups is 1. The average Bonchev–Trinajstić information content (AvgIpc) is 2.86. The summed E-state index contributed by atoms with van der Waals surface area (Å²) in [5, 5.41) is 16.1. The normalized spacial score (nSPS) is 19.7. The Labute approximate surface area is 111 Å². The molecule has 1 atom stereocenters. The summed E-state index contributed by atoms with van der Waals surface area (Å²) in [5.41, 5.74) is 0. The topological polar surface area (TPSA) is 66.9 Å². The van der Waals surface area contributed by atoms with Crippen molar-refractivity contribution in [2.45, 2.75) is 44.9 Å². The highest BCUT2D eigenvalue weighted by molar-refractivity contribution is 7.15. The van der Waals surface area contributed by atoms with E-state index >= 15 is 0 Å². The number of piperidine rings is 1. The van der Waals surface area contributed by atoms with Crippen LogP contribution in [0.25, 0.3) is 0 Å². The van der Waals surface area contributed by atoms with Crippen LogP contribution in [0.2, 0.25) is 0 Å². The molecule has 2 rings (SSSR count). The number of nitrogens with one attached hydrogen (secondary N) is 2. The van der Waals surface area contributed by atoms with Crippen molar-refractivity contribution in [1.29, 1.82) is 0 Å². The van der Waals surface area contributed by atoms with Gasteiger partial charge in [-0.3, -0.25) is 4.79 Å². The number of hydrogen-bond acceptors (Lipinski definition) is 5. The second kappa shape index (κ2) is 6.80. The molecule has 1 aliphatic heterocycles. The summed E-state index contributed by atoms with van der Waals surface area (Å²) in [6.07, 6.45) is 4.86. The molecule has 5 nitrogen and oxygen atoms in total. The molecule has 1 aliphatic rings. The quantitative estimate of drug-likeness (QED) is 0.858. The molecule has 1 amide bonds. The molecule has 2 heterocycles. The summed E-state index contributed by atoms with van der Waals surface area (Å²) in [6.45, 7) is 4.14. The number of carbonyl (C=O) groups excluding carboxylic acids is 1. The van der Waals surface area contributed by atoms with Gasteiger partial charge in [-0.15, -0.1) is 10.2 Å². The highest BCUT2D eigenvalue weighted by Gasteiger charge is 2.19.